The standard InChI is InChI=1S/C15H12N2O6/c18-13-7-3-11(4-8-13)14(16-20)15(19)23-9-10-1-5-12(6-2-10)17(21)22/h1-8,18,20H,9H2. The molecule has 2 rings (SSSR count). The molecule has 0 aliphatic heterocycles. The zero-order valence-corrected chi connectivity index (χ0v) is 11.7. The number of nitro groups is 1. The Morgan fingerprint density at radius 3 is 2.26 bits per heavy atom. The number of ether oxygens (including phenoxy) is 1. The maximum absolute atomic E-state index is 11.9. The molecule has 8 nitrogen and oxygen atoms in total. The molecule has 0 amide bonds. The highest BCUT2D eigenvalue weighted by Crippen LogP contribution is 2.14. The highest BCUT2D eigenvalue weighted by Gasteiger charge is 2.17. The molecule has 2 N–H and O–H groups in total. The monoisotopic (exact) mass is 316 g/mol. The Morgan fingerprint density at radius 2 is 1.74 bits per heavy atom. The van der Waals surface area contributed by atoms with E-state index in [2.05, 4.69) is 5.16 Å². The van der Waals surface area contributed by atoms with Crippen molar-refractivity contribution in [1.82, 2.24) is 0 Å². The molecule has 0 aromatic heterocycles. The van der Waals surface area contributed by atoms with Crippen molar-refractivity contribution in [3.05, 3.63) is 69.8 Å². The molecule has 0 saturated heterocycles. The summed E-state index contributed by atoms with van der Waals surface area (Å²) in [5, 5.41) is 31.6. The summed E-state index contributed by atoms with van der Waals surface area (Å²) in [5.41, 5.74) is 0.444. The maximum Gasteiger partial charge on any atom is 0.361 e. The van der Waals surface area contributed by atoms with Crippen LogP contribution in [0, 0.1) is 10.1 Å². The van der Waals surface area contributed by atoms with Crippen LogP contribution in [0.5, 0.6) is 5.75 Å². The molecule has 0 atom stereocenters. The summed E-state index contributed by atoms with van der Waals surface area (Å²) < 4.78 is 5.00. The number of oxime groups is 1. The predicted octanol–water partition coefficient (Wildman–Crippen LogP) is 2.22. The lowest BCUT2D eigenvalue weighted by Gasteiger charge is -2.06. The summed E-state index contributed by atoms with van der Waals surface area (Å²) >= 11 is 0. The summed E-state index contributed by atoms with van der Waals surface area (Å²) in [6, 6.07) is 11.0. The minimum Gasteiger partial charge on any atom is -0.508 e. The molecular weight excluding hydrogens is 304 g/mol. The SMILES string of the molecule is O=C(OCc1ccc([N+](=O)[O-])cc1)C(=NO)c1ccc(O)cc1. The van der Waals surface area contributed by atoms with E-state index in [4.69, 9.17) is 9.94 Å². The number of rotatable bonds is 5. The van der Waals surface area contributed by atoms with Crippen LogP contribution in [0.25, 0.3) is 0 Å². The number of aromatic hydroxyl groups is 1. The number of carbonyl (C=O) groups excluding carboxylic acids is 1. The first-order valence-electron chi connectivity index (χ1n) is 6.43. The summed E-state index contributed by atoms with van der Waals surface area (Å²) in [5.74, 6) is -0.859. The fourth-order valence-corrected chi connectivity index (χ4v) is 1.77. The van der Waals surface area contributed by atoms with Gasteiger partial charge in [-0.2, -0.15) is 0 Å². The second-order valence-corrected chi connectivity index (χ2v) is 4.50. The lowest BCUT2D eigenvalue weighted by atomic mass is 10.1. The van der Waals surface area contributed by atoms with Gasteiger partial charge in [0.1, 0.15) is 12.4 Å². The zero-order chi connectivity index (χ0) is 16.8. The minimum atomic E-state index is -0.864. The van der Waals surface area contributed by atoms with Gasteiger partial charge in [0.2, 0.25) is 0 Å². The van der Waals surface area contributed by atoms with Gasteiger partial charge in [0.15, 0.2) is 5.71 Å². The number of nitrogens with zero attached hydrogens (tertiary/aromatic N) is 2. The van der Waals surface area contributed by atoms with Crippen molar-refractivity contribution in [2.75, 3.05) is 0 Å². The van der Waals surface area contributed by atoms with Gasteiger partial charge in [0, 0.05) is 17.7 Å². The number of carbonyl (C=O) groups is 1. The maximum atomic E-state index is 11.9. The average molecular weight is 316 g/mol. The fourth-order valence-electron chi connectivity index (χ4n) is 1.77. The van der Waals surface area contributed by atoms with Gasteiger partial charge in [-0.3, -0.25) is 10.1 Å². The van der Waals surface area contributed by atoms with E-state index in [0.717, 1.165) is 0 Å². The number of phenols is 1. The first kappa shape index (κ1) is 16.0. The Balaban J connectivity index is 2.03. The number of non-ortho nitro benzene ring substituents is 1. The number of hydrogen-bond donors (Lipinski definition) is 2. The molecule has 0 bridgehead atoms. The van der Waals surface area contributed by atoms with E-state index >= 15 is 0 Å². The van der Waals surface area contributed by atoms with Gasteiger partial charge in [0.25, 0.3) is 5.69 Å². The Kier molecular flexibility index (Phi) is 4.88. The first-order chi connectivity index (χ1) is 11.0. The van der Waals surface area contributed by atoms with Gasteiger partial charge in [-0.25, -0.2) is 4.79 Å². The highest BCUT2D eigenvalue weighted by atomic mass is 16.6. The van der Waals surface area contributed by atoms with Crippen LogP contribution in [0.4, 0.5) is 5.69 Å². The van der Waals surface area contributed by atoms with Crippen LogP contribution in [0.2, 0.25) is 0 Å². The highest BCUT2D eigenvalue weighted by molar-refractivity contribution is 6.43. The Hall–Kier alpha value is -3.42. The molecule has 0 fully saturated rings. The third-order valence-corrected chi connectivity index (χ3v) is 2.95. The lowest BCUT2D eigenvalue weighted by Crippen LogP contribution is -2.18. The number of phenolic OH excluding ortho intramolecular Hbond substituents is 1. The van der Waals surface area contributed by atoms with Crippen molar-refractivity contribution in [1.29, 1.82) is 0 Å². The smallest absolute Gasteiger partial charge is 0.361 e. The number of nitro benzene ring substituents is 1. The van der Waals surface area contributed by atoms with Gasteiger partial charge in [0.05, 0.1) is 4.92 Å². The van der Waals surface area contributed by atoms with E-state index in [1.54, 1.807) is 0 Å². The van der Waals surface area contributed by atoms with E-state index in [1.807, 2.05) is 0 Å². The third-order valence-electron chi connectivity index (χ3n) is 2.95. The fraction of sp³-hybridized carbons (Fsp3) is 0.0667. The lowest BCUT2D eigenvalue weighted by molar-refractivity contribution is -0.384. The molecular formula is C15H12N2O6. The third kappa shape index (κ3) is 4.03. The van der Waals surface area contributed by atoms with Crippen LogP contribution in [-0.4, -0.2) is 26.9 Å². The van der Waals surface area contributed by atoms with Crippen LogP contribution in [0.1, 0.15) is 11.1 Å². The van der Waals surface area contributed by atoms with Crippen molar-refractivity contribution >= 4 is 17.4 Å². The molecule has 0 radical (unpaired) electrons. The molecule has 8 heteroatoms. The Labute approximate surface area is 130 Å². The molecule has 118 valence electrons. The largest absolute Gasteiger partial charge is 0.508 e. The molecule has 0 aliphatic rings. The predicted molar refractivity (Wildman–Crippen MR) is 79.3 cm³/mol. The van der Waals surface area contributed by atoms with Gasteiger partial charge in [-0.15, -0.1) is 0 Å². The van der Waals surface area contributed by atoms with E-state index in [1.165, 1.54) is 48.5 Å². The molecule has 2 aromatic carbocycles. The van der Waals surface area contributed by atoms with Crippen LogP contribution in [0.3, 0.4) is 0 Å². The quantitative estimate of drug-likeness (QED) is 0.287. The number of esters is 1. The average Bonchev–Trinajstić information content (AvgIpc) is 2.55. The molecule has 23 heavy (non-hydrogen) atoms. The number of hydrogen-bond acceptors (Lipinski definition) is 7. The van der Waals surface area contributed by atoms with Crippen molar-refractivity contribution in [3.63, 3.8) is 0 Å². The van der Waals surface area contributed by atoms with E-state index < -0.39 is 10.9 Å². The van der Waals surface area contributed by atoms with Crippen LogP contribution < -0.4 is 0 Å². The van der Waals surface area contributed by atoms with Gasteiger partial charge < -0.3 is 15.1 Å². The van der Waals surface area contributed by atoms with Crippen molar-refractivity contribution < 1.29 is 24.8 Å². The van der Waals surface area contributed by atoms with Gasteiger partial charge in [-0.1, -0.05) is 5.16 Å². The van der Waals surface area contributed by atoms with Crippen molar-refractivity contribution in [2.45, 2.75) is 6.61 Å². The summed E-state index contributed by atoms with van der Waals surface area (Å²) in [4.78, 5) is 21.9. The summed E-state index contributed by atoms with van der Waals surface area (Å²) in [7, 11) is 0. The second-order valence-electron chi connectivity index (χ2n) is 4.50. The molecule has 0 spiro atoms. The zero-order valence-electron chi connectivity index (χ0n) is 11.7. The van der Waals surface area contributed by atoms with Crippen molar-refractivity contribution in [3.8, 4) is 5.75 Å². The molecule has 0 unspecified atom stereocenters. The van der Waals surface area contributed by atoms with Crippen LogP contribution in [-0.2, 0) is 16.1 Å². The molecule has 0 heterocycles. The normalized spacial score (nSPS) is 11.0. The van der Waals surface area contributed by atoms with E-state index in [9.17, 15) is 20.0 Å². The summed E-state index contributed by atoms with van der Waals surface area (Å²) in [6.07, 6.45) is 0. The first-order valence-corrected chi connectivity index (χ1v) is 6.43. The van der Waals surface area contributed by atoms with E-state index in [0.29, 0.717) is 5.56 Å². The van der Waals surface area contributed by atoms with Gasteiger partial charge in [-0.05, 0) is 42.0 Å². The number of benzene rings is 2. The molecule has 0 aliphatic carbocycles. The van der Waals surface area contributed by atoms with Crippen LogP contribution >= 0.6 is 0 Å². The van der Waals surface area contributed by atoms with E-state index in [-0.39, 0.29) is 29.3 Å². The minimum absolute atomic E-state index is 0.00490. The summed E-state index contributed by atoms with van der Waals surface area (Å²) in [6.45, 7) is -0.131. The molecule has 2 aromatic rings. The van der Waals surface area contributed by atoms with Gasteiger partial charge >= 0.3 is 5.97 Å². The topological polar surface area (TPSA) is 122 Å². The second kappa shape index (κ2) is 7.03. The van der Waals surface area contributed by atoms with Crippen molar-refractivity contribution in [2.24, 2.45) is 5.16 Å². The Bertz CT molecular complexity index is 738. The molecule has 0 saturated carbocycles. The Morgan fingerprint density at radius 1 is 1.13 bits per heavy atom. The van der Waals surface area contributed by atoms with Crippen LogP contribution in [0.15, 0.2) is 53.7 Å².